The fraction of sp³-hybridized carbons (Fsp3) is 0.103. The molecule has 0 bridgehead atoms. The molecule has 0 radical (unpaired) electrons. The Bertz CT molecular complexity index is 4180. The molecule has 0 spiro atoms. The van der Waals surface area contributed by atoms with E-state index in [-0.39, 0.29) is 10.8 Å². The lowest BCUT2D eigenvalue weighted by molar-refractivity contribution is 0.660. The SMILES string of the molecule is Cc1ccc(N(c2ccccc2)c2ccc3c(c2)C(C)(C)c2cc(C=Cc4ccc5c(c4)c4cc(C=Cc6ccc7c(c6)C(C)(C)c6cc(N(c8ccccc8)c8ccc(C)cc8)ccc6-7)ccc4p5-c4ccccc4)ccc2-3)cc1. The quantitative estimate of drug-likeness (QED) is 0.119. The number of hydrogen-bond acceptors (Lipinski definition) is 2. The Morgan fingerprint density at radius 2 is 0.605 bits per heavy atom. The van der Waals surface area contributed by atoms with Gasteiger partial charge in [-0.2, -0.15) is 0 Å². The minimum absolute atomic E-state index is 0.181. The van der Waals surface area contributed by atoms with Gasteiger partial charge < -0.3 is 9.80 Å². The average molecular weight is 1060 g/mol. The summed E-state index contributed by atoms with van der Waals surface area (Å²) >= 11 is 0. The van der Waals surface area contributed by atoms with Gasteiger partial charge in [-0.25, -0.2) is 0 Å². The van der Waals surface area contributed by atoms with Crippen molar-refractivity contribution in [3.05, 3.63) is 304 Å². The molecule has 1 heterocycles. The molecule has 12 aromatic rings. The first-order valence-electron chi connectivity index (χ1n) is 28.4. The largest absolute Gasteiger partial charge is 0.310 e. The van der Waals surface area contributed by atoms with E-state index in [2.05, 4.69) is 324 Å². The highest BCUT2D eigenvalue weighted by Crippen LogP contribution is 2.56. The van der Waals surface area contributed by atoms with Gasteiger partial charge in [0.25, 0.3) is 0 Å². The van der Waals surface area contributed by atoms with E-state index >= 15 is 0 Å². The Labute approximate surface area is 478 Å². The van der Waals surface area contributed by atoms with Gasteiger partial charge in [0, 0.05) is 55.2 Å². The van der Waals surface area contributed by atoms with Gasteiger partial charge in [-0.05, 0) is 194 Å². The van der Waals surface area contributed by atoms with Crippen LogP contribution in [0.25, 0.3) is 72.9 Å². The predicted molar refractivity (Wildman–Crippen MR) is 350 cm³/mol. The molecule has 0 saturated heterocycles. The molecule has 0 amide bonds. The van der Waals surface area contributed by atoms with Crippen molar-refractivity contribution in [2.75, 3.05) is 9.80 Å². The van der Waals surface area contributed by atoms with E-state index in [1.165, 1.54) is 104 Å². The highest BCUT2D eigenvalue weighted by molar-refractivity contribution is 7.67. The van der Waals surface area contributed by atoms with Crippen LogP contribution < -0.4 is 9.80 Å². The van der Waals surface area contributed by atoms with Crippen molar-refractivity contribution in [1.29, 1.82) is 0 Å². The third-order valence-corrected chi connectivity index (χ3v) is 19.8. The molecule has 14 rings (SSSR count). The molecular weight excluding hydrogens is 996 g/mol. The summed E-state index contributed by atoms with van der Waals surface area (Å²) in [7, 11) is -0.700. The van der Waals surface area contributed by atoms with Gasteiger partial charge in [0.2, 0.25) is 0 Å². The number of fused-ring (bicyclic) bond motifs is 9. The van der Waals surface area contributed by atoms with E-state index in [4.69, 9.17) is 0 Å². The Balaban J connectivity index is 0.761. The molecular formula is C78H63N2P. The van der Waals surface area contributed by atoms with Crippen LogP contribution in [0.4, 0.5) is 34.1 Å². The van der Waals surface area contributed by atoms with Crippen molar-refractivity contribution >= 4 is 87.0 Å². The second-order valence-corrected chi connectivity index (χ2v) is 25.4. The van der Waals surface area contributed by atoms with E-state index in [0.717, 1.165) is 34.1 Å². The Morgan fingerprint density at radius 1 is 0.296 bits per heavy atom. The molecule has 1 aromatic heterocycles. The number of hydrogen-bond donors (Lipinski definition) is 0. The van der Waals surface area contributed by atoms with Crippen molar-refractivity contribution in [3.63, 3.8) is 0 Å². The summed E-state index contributed by atoms with van der Waals surface area (Å²) < 4.78 is 0. The topological polar surface area (TPSA) is 6.48 Å². The van der Waals surface area contributed by atoms with Crippen LogP contribution in [0.5, 0.6) is 0 Å². The van der Waals surface area contributed by atoms with Gasteiger partial charge in [-0.1, -0.05) is 222 Å². The fourth-order valence-corrected chi connectivity index (χ4v) is 15.5. The van der Waals surface area contributed by atoms with Gasteiger partial charge in [0.05, 0.1) is 0 Å². The summed E-state index contributed by atoms with van der Waals surface area (Å²) in [6.07, 6.45) is 9.21. The monoisotopic (exact) mass is 1060 g/mol. The molecule has 390 valence electrons. The average Bonchev–Trinajstić information content (AvgIpc) is 4.26. The smallest absolute Gasteiger partial charge is 0.0465 e. The number of benzene rings is 11. The van der Waals surface area contributed by atoms with Crippen LogP contribution in [0.3, 0.4) is 0 Å². The molecule has 2 nitrogen and oxygen atoms in total. The Hall–Kier alpha value is -9.20. The normalized spacial score (nSPS) is 13.9. The second-order valence-electron chi connectivity index (χ2n) is 23.2. The lowest BCUT2D eigenvalue weighted by atomic mass is 9.81. The lowest BCUT2D eigenvalue weighted by Gasteiger charge is -2.28. The lowest BCUT2D eigenvalue weighted by Crippen LogP contribution is -2.16. The third-order valence-electron chi connectivity index (χ3n) is 17.3. The molecule has 0 aliphatic heterocycles. The molecule has 0 N–H and O–H groups in total. The molecule has 11 aromatic carbocycles. The van der Waals surface area contributed by atoms with Gasteiger partial charge in [-0.3, -0.25) is 0 Å². The zero-order valence-electron chi connectivity index (χ0n) is 46.8. The molecule has 2 aliphatic carbocycles. The van der Waals surface area contributed by atoms with Gasteiger partial charge in [-0.15, -0.1) is 0 Å². The number of nitrogens with zero attached hydrogens (tertiary/aromatic N) is 2. The molecule has 0 saturated carbocycles. The fourth-order valence-electron chi connectivity index (χ4n) is 12.9. The number of anilines is 6. The summed E-state index contributed by atoms with van der Waals surface area (Å²) in [6.45, 7) is 13.8. The van der Waals surface area contributed by atoms with E-state index in [1.807, 2.05) is 0 Å². The van der Waals surface area contributed by atoms with Crippen molar-refractivity contribution < 1.29 is 0 Å². The minimum atomic E-state index is -0.700. The number of para-hydroxylation sites is 2. The van der Waals surface area contributed by atoms with Crippen LogP contribution in [0.1, 0.15) is 83.3 Å². The van der Waals surface area contributed by atoms with E-state index in [1.54, 1.807) is 0 Å². The maximum atomic E-state index is 2.43. The number of rotatable bonds is 11. The molecule has 81 heavy (non-hydrogen) atoms. The molecule has 0 atom stereocenters. The highest BCUT2D eigenvalue weighted by Gasteiger charge is 2.38. The van der Waals surface area contributed by atoms with Crippen LogP contribution in [-0.2, 0) is 10.8 Å². The first kappa shape index (κ1) is 50.0. The van der Waals surface area contributed by atoms with Gasteiger partial charge in [0.15, 0.2) is 0 Å². The van der Waals surface area contributed by atoms with Crippen molar-refractivity contribution in [1.82, 2.24) is 0 Å². The van der Waals surface area contributed by atoms with E-state index < -0.39 is 7.53 Å². The van der Waals surface area contributed by atoms with Crippen molar-refractivity contribution in [2.45, 2.75) is 52.4 Å². The van der Waals surface area contributed by atoms with Crippen LogP contribution >= 0.6 is 7.53 Å². The second kappa shape index (κ2) is 19.9. The first-order chi connectivity index (χ1) is 39.5. The molecule has 3 heteroatoms. The van der Waals surface area contributed by atoms with Crippen LogP contribution in [0.15, 0.2) is 249 Å². The van der Waals surface area contributed by atoms with E-state index in [0.29, 0.717) is 0 Å². The van der Waals surface area contributed by atoms with Crippen molar-refractivity contribution in [3.8, 4) is 27.6 Å². The highest BCUT2D eigenvalue weighted by atomic mass is 31.1. The first-order valence-corrected chi connectivity index (χ1v) is 29.7. The van der Waals surface area contributed by atoms with Crippen LogP contribution in [0, 0.1) is 13.8 Å². The zero-order chi connectivity index (χ0) is 55.0. The zero-order valence-corrected chi connectivity index (χ0v) is 47.7. The van der Waals surface area contributed by atoms with Crippen LogP contribution in [-0.4, -0.2) is 0 Å². The summed E-state index contributed by atoms with van der Waals surface area (Å²) in [4.78, 5) is 4.75. The predicted octanol–water partition coefficient (Wildman–Crippen LogP) is 22.5. The third kappa shape index (κ3) is 8.83. The maximum absolute atomic E-state index is 2.43. The molecule has 0 unspecified atom stereocenters. The van der Waals surface area contributed by atoms with Crippen molar-refractivity contribution in [2.24, 2.45) is 0 Å². The Kier molecular flexibility index (Phi) is 12.3. The molecule has 2 aliphatic rings. The minimum Gasteiger partial charge on any atom is -0.310 e. The van der Waals surface area contributed by atoms with Gasteiger partial charge in [0.1, 0.15) is 0 Å². The number of aryl methyl sites for hydroxylation is 2. The Morgan fingerprint density at radius 3 is 1.00 bits per heavy atom. The van der Waals surface area contributed by atoms with Crippen LogP contribution in [0.2, 0.25) is 0 Å². The summed E-state index contributed by atoms with van der Waals surface area (Å²) in [5.41, 5.74) is 24.6. The standard InChI is InChI=1S/C78H63N2P/c1-52-22-34-60(35-23-52)79(58-16-10-7-11-17-58)62-38-42-67-65-40-30-56(48-71(65)77(3,4)73(67)50-62)28-26-54-32-44-75-69(46-54)70-47-55(33-45-76(70)81(75)64-20-14-9-15-21-64)27-29-57-31-41-66-68-43-39-63(51-74(68)78(5,6)72(66)49-57)80(59-18-12-8-13-19-59)61-36-24-53(2)25-37-61/h7-51H,1-6H3. The van der Waals surface area contributed by atoms with E-state index in [9.17, 15) is 0 Å². The summed E-state index contributed by atoms with van der Waals surface area (Å²) in [5, 5.41) is 6.89. The van der Waals surface area contributed by atoms with Gasteiger partial charge >= 0.3 is 0 Å². The summed E-state index contributed by atoms with van der Waals surface area (Å²) in [6, 6.07) is 92.7. The maximum Gasteiger partial charge on any atom is 0.0465 e. The summed E-state index contributed by atoms with van der Waals surface area (Å²) in [5.74, 6) is 0. The molecule has 0 fully saturated rings.